The summed E-state index contributed by atoms with van der Waals surface area (Å²) in [4.78, 5) is 3.86. The van der Waals surface area contributed by atoms with Crippen LogP contribution in [0, 0.1) is 0 Å². The Labute approximate surface area is 114 Å². The number of piperidine rings is 1. The van der Waals surface area contributed by atoms with Crippen LogP contribution in [0.3, 0.4) is 0 Å². The highest BCUT2D eigenvalue weighted by molar-refractivity contribution is 7.05. The maximum absolute atomic E-state index is 4.20. The molecule has 18 heavy (non-hydrogen) atoms. The van der Waals surface area contributed by atoms with Gasteiger partial charge < -0.3 is 10.2 Å². The maximum atomic E-state index is 4.20. The van der Waals surface area contributed by atoms with Gasteiger partial charge in [-0.3, -0.25) is 0 Å². The predicted octanol–water partition coefficient (Wildman–Crippen LogP) is 2.24. The average Bonchev–Trinajstić information content (AvgIpc) is 2.84. The fourth-order valence-electron chi connectivity index (χ4n) is 2.40. The second-order valence-electron chi connectivity index (χ2n) is 5.32. The van der Waals surface area contributed by atoms with Crippen molar-refractivity contribution in [3.05, 3.63) is 10.6 Å². The minimum atomic E-state index is 0.475. The zero-order chi connectivity index (χ0) is 12.8. The topological polar surface area (TPSA) is 41.1 Å². The van der Waals surface area contributed by atoms with Crippen molar-refractivity contribution in [2.24, 2.45) is 0 Å². The van der Waals surface area contributed by atoms with Gasteiger partial charge in [0.25, 0.3) is 0 Å². The van der Waals surface area contributed by atoms with Crippen molar-refractivity contribution >= 4 is 11.5 Å². The van der Waals surface area contributed by atoms with Gasteiger partial charge in [0.15, 0.2) is 0 Å². The molecule has 5 heteroatoms. The van der Waals surface area contributed by atoms with E-state index in [1.54, 1.807) is 0 Å². The number of nitrogens with zero attached hydrogens (tertiary/aromatic N) is 3. The lowest BCUT2D eigenvalue weighted by atomic mass is 10.1. The minimum absolute atomic E-state index is 0.475. The van der Waals surface area contributed by atoms with Gasteiger partial charge >= 0.3 is 0 Å². The lowest BCUT2D eigenvalue weighted by molar-refractivity contribution is 0.229. The average molecular weight is 268 g/mol. The number of likely N-dealkylation sites (tertiary alicyclic amines) is 1. The van der Waals surface area contributed by atoms with E-state index in [2.05, 4.69) is 33.7 Å². The van der Waals surface area contributed by atoms with Gasteiger partial charge in [-0.2, -0.15) is 0 Å². The zero-order valence-electron chi connectivity index (χ0n) is 11.5. The van der Waals surface area contributed by atoms with Gasteiger partial charge in [-0.25, -0.2) is 0 Å². The fraction of sp³-hybridized carbons (Fsp3) is 0.846. The first-order valence-electron chi connectivity index (χ1n) is 7.01. The van der Waals surface area contributed by atoms with E-state index in [4.69, 9.17) is 0 Å². The molecule has 2 rings (SSSR count). The third-order valence-corrected chi connectivity index (χ3v) is 4.21. The number of aromatic nitrogens is 2. The molecule has 0 aliphatic carbocycles. The van der Waals surface area contributed by atoms with Gasteiger partial charge in [0.2, 0.25) is 0 Å². The third-order valence-electron chi connectivity index (χ3n) is 3.47. The van der Waals surface area contributed by atoms with Crippen molar-refractivity contribution in [3.63, 3.8) is 0 Å². The molecule has 1 aliphatic rings. The second-order valence-corrected chi connectivity index (χ2v) is 6.15. The molecule has 0 amide bonds. The van der Waals surface area contributed by atoms with Gasteiger partial charge in [-0.05, 0) is 43.4 Å². The summed E-state index contributed by atoms with van der Waals surface area (Å²) in [6, 6.07) is 0. The number of hydrogen-bond donors (Lipinski definition) is 1. The lowest BCUT2D eigenvalue weighted by Gasteiger charge is -2.26. The summed E-state index contributed by atoms with van der Waals surface area (Å²) in [6.07, 6.45) is 4.15. The molecule has 0 aromatic carbocycles. The molecule has 1 aromatic rings. The number of rotatable bonds is 6. The Morgan fingerprint density at radius 2 is 2.06 bits per heavy atom. The summed E-state index contributed by atoms with van der Waals surface area (Å²) in [5, 5.41) is 7.72. The Kier molecular flexibility index (Phi) is 5.53. The van der Waals surface area contributed by atoms with Crippen molar-refractivity contribution in [3.8, 4) is 0 Å². The smallest absolute Gasteiger partial charge is 0.0826 e. The summed E-state index contributed by atoms with van der Waals surface area (Å²) in [6.45, 7) is 10.1. The SMILES string of the molecule is CC(C)c1nnsc1CNCCN1CCCCC1. The molecule has 102 valence electrons. The Morgan fingerprint density at radius 3 is 2.78 bits per heavy atom. The number of hydrogen-bond acceptors (Lipinski definition) is 5. The molecule has 1 fully saturated rings. The summed E-state index contributed by atoms with van der Waals surface area (Å²) >= 11 is 1.53. The van der Waals surface area contributed by atoms with Gasteiger partial charge in [-0.1, -0.05) is 24.8 Å². The molecule has 0 unspecified atom stereocenters. The Hall–Kier alpha value is -0.520. The van der Waals surface area contributed by atoms with Crippen LogP contribution in [-0.2, 0) is 6.54 Å². The largest absolute Gasteiger partial charge is 0.310 e. The summed E-state index contributed by atoms with van der Waals surface area (Å²) < 4.78 is 4.05. The third kappa shape index (κ3) is 4.00. The van der Waals surface area contributed by atoms with E-state index >= 15 is 0 Å². The highest BCUT2D eigenvalue weighted by Gasteiger charge is 2.12. The Bertz CT molecular complexity index is 345. The van der Waals surface area contributed by atoms with Gasteiger partial charge in [0.1, 0.15) is 0 Å². The molecule has 4 nitrogen and oxygen atoms in total. The molecule has 1 N–H and O–H groups in total. The van der Waals surface area contributed by atoms with E-state index in [1.807, 2.05) is 0 Å². The molecular formula is C13H24N4S. The molecule has 1 aromatic heterocycles. The van der Waals surface area contributed by atoms with Gasteiger partial charge in [0, 0.05) is 19.6 Å². The van der Waals surface area contributed by atoms with E-state index in [0.717, 1.165) is 18.8 Å². The van der Waals surface area contributed by atoms with Gasteiger partial charge in [-0.15, -0.1) is 5.10 Å². The van der Waals surface area contributed by atoms with E-state index in [-0.39, 0.29) is 0 Å². The zero-order valence-corrected chi connectivity index (χ0v) is 12.3. The van der Waals surface area contributed by atoms with Crippen LogP contribution in [0.25, 0.3) is 0 Å². The van der Waals surface area contributed by atoms with E-state index in [0.29, 0.717) is 5.92 Å². The first-order valence-corrected chi connectivity index (χ1v) is 7.79. The number of nitrogens with one attached hydrogen (secondary N) is 1. The van der Waals surface area contributed by atoms with Crippen LogP contribution < -0.4 is 5.32 Å². The van der Waals surface area contributed by atoms with Crippen LogP contribution in [-0.4, -0.2) is 40.7 Å². The highest BCUT2D eigenvalue weighted by atomic mass is 32.1. The first kappa shape index (κ1) is 13.9. The molecule has 1 saturated heterocycles. The fourth-order valence-corrected chi connectivity index (χ4v) is 3.16. The molecule has 0 saturated carbocycles. The van der Waals surface area contributed by atoms with Crippen LogP contribution in [0.2, 0.25) is 0 Å². The van der Waals surface area contributed by atoms with E-state index in [1.165, 1.54) is 55.3 Å². The van der Waals surface area contributed by atoms with E-state index < -0.39 is 0 Å². The molecule has 0 atom stereocenters. The molecule has 0 bridgehead atoms. The quantitative estimate of drug-likeness (QED) is 0.803. The van der Waals surface area contributed by atoms with Crippen LogP contribution in [0.5, 0.6) is 0 Å². The summed E-state index contributed by atoms with van der Waals surface area (Å²) in [7, 11) is 0. The lowest BCUT2D eigenvalue weighted by Crippen LogP contribution is -2.35. The van der Waals surface area contributed by atoms with Crippen LogP contribution in [0.1, 0.15) is 49.6 Å². The summed E-state index contributed by atoms with van der Waals surface area (Å²) in [5.41, 5.74) is 1.16. The van der Waals surface area contributed by atoms with Crippen molar-refractivity contribution in [1.82, 2.24) is 19.8 Å². The van der Waals surface area contributed by atoms with Crippen molar-refractivity contribution in [2.75, 3.05) is 26.2 Å². The highest BCUT2D eigenvalue weighted by Crippen LogP contribution is 2.19. The monoisotopic (exact) mass is 268 g/mol. The van der Waals surface area contributed by atoms with Crippen molar-refractivity contribution in [1.29, 1.82) is 0 Å². The van der Waals surface area contributed by atoms with E-state index in [9.17, 15) is 0 Å². The van der Waals surface area contributed by atoms with Crippen LogP contribution in [0.15, 0.2) is 0 Å². The maximum Gasteiger partial charge on any atom is 0.0826 e. The first-order chi connectivity index (χ1) is 8.77. The molecular weight excluding hydrogens is 244 g/mol. The molecule has 0 radical (unpaired) electrons. The Balaban J connectivity index is 1.66. The normalized spacial score (nSPS) is 17.5. The minimum Gasteiger partial charge on any atom is -0.310 e. The molecule has 1 aliphatic heterocycles. The van der Waals surface area contributed by atoms with Crippen molar-refractivity contribution < 1.29 is 0 Å². The summed E-state index contributed by atoms with van der Waals surface area (Å²) in [5.74, 6) is 0.475. The molecule has 2 heterocycles. The van der Waals surface area contributed by atoms with Gasteiger partial charge in [0.05, 0.1) is 10.6 Å². The second kappa shape index (κ2) is 7.16. The standard InChI is InChI=1S/C13H24N4S/c1-11(2)13-12(18-16-15-13)10-14-6-9-17-7-4-3-5-8-17/h11,14H,3-10H2,1-2H3. The molecule has 0 spiro atoms. The van der Waals surface area contributed by atoms with Crippen LogP contribution in [0.4, 0.5) is 0 Å². The Morgan fingerprint density at radius 1 is 1.28 bits per heavy atom. The predicted molar refractivity (Wildman–Crippen MR) is 76.0 cm³/mol. The van der Waals surface area contributed by atoms with Crippen LogP contribution >= 0.6 is 11.5 Å². The van der Waals surface area contributed by atoms with Crippen molar-refractivity contribution in [2.45, 2.75) is 45.6 Å².